The first-order valence-corrected chi connectivity index (χ1v) is 11.5. The predicted molar refractivity (Wildman–Crippen MR) is 132 cm³/mol. The zero-order chi connectivity index (χ0) is 24.1. The van der Waals surface area contributed by atoms with E-state index in [9.17, 15) is 4.79 Å². The SMILES string of the molecule is Cc1ccc(-n2nc(C)c(CC(=O)NCc3cccc(COCc4ccco4)c3)c2C)cc1Cl. The Kier molecular flexibility index (Phi) is 7.50. The van der Waals surface area contributed by atoms with Crippen LogP contribution in [-0.2, 0) is 35.7 Å². The van der Waals surface area contributed by atoms with Gasteiger partial charge in [0.15, 0.2) is 0 Å². The molecule has 0 radical (unpaired) electrons. The summed E-state index contributed by atoms with van der Waals surface area (Å²) in [7, 11) is 0. The van der Waals surface area contributed by atoms with Gasteiger partial charge >= 0.3 is 0 Å². The molecule has 1 amide bonds. The van der Waals surface area contributed by atoms with Gasteiger partial charge in [-0.15, -0.1) is 0 Å². The second-order valence-electron chi connectivity index (χ2n) is 8.34. The van der Waals surface area contributed by atoms with Crippen LogP contribution in [0.1, 0.15) is 39.4 Å². The van der Waals surface area contributed by atoms with E-state index in [2.05, 4.69) is 10.4 Å². The molecule has 0 spiro atoms. The van der Waals surface area contributed by atoms with Gasteiger partial charge in [-0.3, -0.25) is 4.79 Å². The van der Waals surface area contributed by atoms with E-state index in [4.69, 9.17) is 20.8 Å². The molecule has 2 heterocycles. The van der Waals surface area contributed by atoms with Crippen molar-refractivity contribution < 1.29 is 13.9 Å². The van der Waals surface area contributed by atoms with Crippen LogP contribution in [0.5, 0.6) is 0 Å². The topological polar surface area (TPSA) is 69.3 Å². The summed E-state index contributed by atoms with van der Waals surface area (Å²) in [4.78, 5) is 12.7. The number of aromatic nitrogens is 2. The number of halogens is 1. The Morgan fingerprint density at radius 3 is 2.65 bits per heavy atom. The maximum atomic E-state index is 12.7. The summed E-state index contributed by atoms with van der Waals surface area (Å²) >= 11 is 6.29. The molecule has 2 aromatic carbocycles. The van der Waals surface area contributed by atoms with Gasteiger partial charge in [0, 0.05) is 22.8 Å². The largest absolute Gasteiger partial charge is 0.467 e. The van der Waals surface area contributed by atoms with E-state index in [-0.39, 0.29) is 12.3 Å². The number of hydrogen-bond donors (Lipinski definition) is 1. The lowest BCUT2D eigenvalue weighted by Crippen LogP contribution is -2.25. The second kappa shape index (κ2) is 10.7. The molecule has 2 aromatic heterocycles. The van der Waals surface area contributed by atoms with E-state index in [1.807, 2.05) is 80.1 Å². The van der Waals surface area contributed by atoms with Gasteiger partial charge in [0.2, 0.25) is 5.91 Å². The quantitative estimate of drug-likeness (QED) is 0.339. The summed E-state index contributed by atoms with van der Waals surface area (Å²) in [5.41, 5.74) is 6.65. The second-order valence-corrected chi connectivity index (χ2v) is 8.75. The third kappa shape index (κ3) is 5.76. The summed E-state index contributed by atoms with van der Waals surface area (Å²) in [5.74, 6) is 0.745. The third-order valence-electron chi connectivity index (χ3n) is 5.75. The van der Waals surface area contributed by atoms with E-state index >= 15 is 0 Å². The van der Waals surface area contributed by atoms with E-state index < -0.39 is 0 Å². The van der Waals surface area contributed by atoms with Gasteiger partial charge in [-0.1, -0.05) is 41.9 Å². The van der Waals surface area contributed by atoms with Gasteiger partial charge in [-0.05, 0) is 61.7 Å². The molecule has 0 aliphatic rings. The summed E-state index contributed by atoms with van der Waals surface area (Å²) in [5, 5.41) is 8.35. The number of rotatable bonds is 9. The molecule has 176 valence electrons. The number of hydrogen-bond acceptors (Lipinski definition) is 4. The van der Waals surface area contributed by atoms with Gasteiger partial charge < -0.3 is 14.5 Å². The van der Waals surface area contributed by atoms with Crippen LogP contribution in [0, 0.1) is 20.8 Å². The van der Waals surface area contributed by atoms with Crippen molar-refractivity contribution in [2.45, 2.75) is 47.0 Å². The number of nitrogens with one attached hydrogen (secondary N) is 1. The van der Waals surface area contributed by atoms with Crippen LogP contribution in [0.2, 0.25) is 5.02 Å². The molecule has 0 fully saturated rings. The molecule has 0 aliphatic heterocycles. The summed E-state index contributed by atoms with van der Waals surface area (Å²) in [6.07, 6.45) is 1.90. The van der Waals surface area contributed by atoms with Crippen LogP contribution >= 0.6 is 11.6 Å². The maximum absolute atomic E-state index is 12.7. The molecule has 4 aromatic rings. The molecular weight excluding hydrogens is 450 g/mol. The molecule has 34 heavy (non-hydrogen) atoms. The number of furan rings is 1. The van der Waals surface area contributed by atoms with Crippen LogP contribution in [0.15, 0.2) is 65.3 Å². The van der Waals surface area contributed by atoms with Crippen LogP contribution in [-0.4, -0.2) is 15.7 Å². The number of nitrogens with zero attached hydrogens (tertiary/aromatic N) is 2. The Morgan fingerprint density at radius 2 is 1.88 bits per heavy atom. The van der Waals surface area contributed by atoms with Crippen LogP contribution < -0.4 is 5.32 Å². The molecule has 0 aliphatic carbocycles. The van der Waals surface area contributed by atoms with Crippen molar-refractivity contribution in [2.24, 2.45) is 0 Å². The lowest BCUT2D eigenvalue weighted by Gasteiger charge is -2.09. The highest BCUT2D eigenvalue weighted by Crippen LogP contribution is 2.23. The highest BCUT2D eigenvalue weighted by molar-refractivity contribution is 6.31. The number of benzene rings is 2. The Hall–Kier alpha value is -3.35. The van der Waals surface area contributed by atoms with E-state index in [0.717, 1.165) is 45.1 Å². The normalized spacial score (nSPS) is 11.1. The summed E-state index contributed by atoms with van der Waals surface area (Å²) in [6, 6.07) is 17.6. The molecule has 4 rings (SSSR count). The van der Waals surface area contributed by atoms with E-state index in [1.165, 1.54) is 0 Å². The highest BCUT2D eigenvalue weighted by atomic mass is 35.5. The molecule has 7 heteroatoms. The third-order valence-corrected chi connectivity index (χ3v) is 6.16. The Morgan fingerprint density at radius 1 is 1.06 bits per heavy atom. The average molecular weight is 478 g/mol. The standard InChI is InChI=1S/C27H28ClN3O3/c1-18-9-10-23(13-26(18)28)31-20(3)25(19(2)30-31)14-27(32)29-15-21-6-4-7-22(12-21)16-33-17-24-8-5-11-34-24/h4-13H,14-17H2,1-3H3,(H,29,32). The number of amides is 1. The fourth-order valence-corrected chi connectivity index (χ4v) is 3.99. The number of carbonyl (C=O) groups excluding carboxylic acids is 1. The molecular formula is C27H28ClN3O3. The fraction of sp³-hybridized carbons (Fsp3) is 0.259. The van der Waals surface area contributed by atoms with E-state index in [1.54, 1.807) is 6.26 Å². The zero-order valence-electron chi connectivity index (χ0n) is 19.6. The minimum absolute atomic E-state index is 0.0489. The van der Waals surface area contributed by atoms with Gasteiger partial charge in [-0.25, -0.2) is 4.68 Å². The van der Waals surface area contributed by atoms with Crippen molar-refractivity contribution in [3.05, 3.63) is 105 Å². The Balaban J connectivity index is 1.34. The first-order chi connectivity index (χ1) is 16.4. The van der Waals surface area contributed by atoms with Gasteiger partial charge in [0.25, 0.3) is 0 Å². The molecule has 6 nitrogen and oxygen atoms in total. The van der Waals surface area contributed by atoms with Crippen LogP contribution in [0.3, 0.4) is 0 Å². The first-order valence-electron chi connectivity index (χ1n) is 11.2. The highest BCUT2D eigenvalue weighted by Gasteiger charge is 2.16. The van der Waals surface area contributed by atoms with Crippen molar-refractivity contribution in [1.82, 2.24) is 15.1 Å². The number of ether oxygens (including phenoxy) is 1. The smallest absolute Gasteiger partial charge is 0.224 e. The Labute approximate surface area is 204 Å². The average Bonchev–Trinajstić information content (AvgIpc) is 3.44. The molecule has 0 atom stereocenters. The molecule has 1 N–H and O–H groups in total. The Bertz CT molecular complexity index is 1280. The van der Waals surface area contributed by atoms with Gasteiger partial charge in [0.1, 0.15) is 12.4 Å². The van der Waals surface area contributed by atoms with Crippen molar-refractivity contribution in [3.8, 4) is 5.69 Å². The predicted octanol–water partition coefficient (Wildman–Crippen LogP) is 5.62. The molecule has 0 saturated carbocycles. The van der Waals surface area contributed by atoms with Crippen LogP contribution in [0.25, 0.3) is 5.69 Å². The van der Waals surface area contributed by atoms with Gasteiger partial charge in [-0.2, -0.15) is 5.10 Å². The van der Waals surface area contributed by atoms with Crippen molar-refractivity contribution >= 4 is 17.5 Å². The summed E-state index contributed by atoms with van der Waals surface area (Å²) in [6.45, 7) is 7.21. The van der Waals surface area contributed by atoms with Gasteiger partial charge in [0.05, 0.1) is 30.7 Å². The minimum atomic E-state index is -0.0489. The van der Waals surface area contributed by atoms with Crippen molar-refractivity contribution in [1.29, 1.82) is 0 Å². The summed E-state index contributed by atoms with van der Waals surface area (Å²) < 4.78 is 12.8. The number of aryl methyl sites for hydroxylation is 2. The molecule has 0 unspecified atom stereocenters. The monoisotopic (exact) mass is 477 g/mol. The molecule has 0 saturated heterocycles. The lowest BCUT2D eigenvalue weighted by atomic mass is 10.1. The first kappa shape index (κ1) is 23.8. The molecule has 0 bridgehead atoms. The maximum Gasteiger partial charge on any atom is 0.224 e. The fourth-order valence-electron chi connectivity index (χ4n) is 3.81. The minimum Gasteiger partial charge on any atom is -0.467 e. The number of carbonyl (C=O) groups is 1. The lowest BCUT2D eigenvalue weighted by molar-refractivity contribution is -0.120. The van der Waals surface area contributed by atoms with Crippen molar-refractivity contribution in [2.75, 3.05) is 0 Å². The van der Waals surface area contributed by atoms with Crippen LogP contribution in [0.4, 0.5) is 0 Å². The van der Waals surface area contributed by atoms with Crippen molar-refractivity contribution in [3.63, 3.8) is 0 Å². The van der Waals surface area contributed by atoms with E-state index in [0.29, 0.717) is 24.8 Å². The zero-order valence-corrected chi connectivity index (χ0v) is 20.4.